The number of carbonyl (C=O) groups excluding carboxylic acids is 3. The summed E-state index contributed by atoms with van der Waals surface area (Å²) in [7, 11) is 0. The van der Waals surface area contributed by atoms with Crippen LogP contribution in [-0.2, 0) is 25.6 Å². The summed E-state index contributed by atoms with van der Waals surface area (Å²) in [4.78, 5) is 50.7. The van der Waals surface area contributed by atoms with Gasteiger partial charge in [0.1, 0.15) is 23.9 Å². The van der Waals surface area contributed by atoms with Gasteiger partial charge in [0.15, 0.2) is 0 Å². The molecule has 2 rings (SSSR count). The number of phenolic OH excluding ortho intramolecular Hbond substituents is 1. The molecule has 0 saturated carbocycles. The average molecular weight is 491 g/mol. The summed E-state index contributed by atoms with van der Waals surface area (Å²) in [6.07, 6.45) is 2.25. The molecule has 10 heteroatoms. The van der Waals surface area contributed by atoms with E-state index in [2.05, 4.69) is 21.3 Å². The van der Waals surface area contributed by atoms with Gasteiger partial charge in [0.05, 0.1) is 6.04 Å². The highest BCUT2D eigenvalue weighted by Gasteiger charge is 2.34. The summed E-state index contributed by atoms with van der Waals surface area (Å²) in [6.45, 7) is 7.80. The SMILES string of the molecule is CCC(C)C(NC(=O)C(NC(=O)C(Cc1ccc(O)cc1)NC(=O)C1CCCN1)C(C)C)C(=O)O. The summed E-state index contributed by atoms with van der Waals surface area (Å²) in [5.41, 5.74) is 0.718. The van der Waals surface area contributed by atoms with Crippen LogP contribution in [0.5, 0.6) is 5.75 Å². The van der Waals surface area contributed by atoms with E-state index >= 15 is 0 Å². The van der Waals surface area contributed by atoms with E-state index in [1.165, 1.54) is 12.1 Å². The van der Waals surface area contributed by atoms with Crippen molar-refractivity contribution in [3.05, 3.63) is 29.8 Å². The molecule has 1 fully saturated rings. The molecule has 0 aromatic heterocycles. The third kappa shape index (κ3) is 8.24. The van der Waals surface area contributed by atoms with Crippen LogP contribution in [-0.4, -0.2) is 64.6 Å². The number of phenols is 1. The quantitative estimate of drug-likeness (QED) is 0.254. The number of aliphatic carboxylic acids is 1. The van der Waals surface area contributed by atoms with Crippen LogP contribution in [0, 0.1) is 11.8 Å². The van der Waals surface area contributed by atoms with Crippen LogP contribution in [0.2, 0.25) is 0 Å². The third-order valence-corrected chi connectivity index (χ3v) is 6.41. The van der Waals surface area contributed by atoms with Crippen molar-refractivity contribution in [2.24, 2.45) is 11.8 Å². The van der Waals surface area contributed by atoms with Crippen molar-refractivity contribution in [3.8, 4) is 5.75 Å². The molecule has 5 atom stereocenters. The zero-order chi connectivity index (χ0) is 26.1. The smallest absolute Gasteiger partial charge is 0.326 e. The zero-order valence-corrected chi connectivity index (χ0v) is 20.8. The minimum atomic E-state index is -1.14. The van der Waals surface area contributed by atoms with Gasteiger partial charge in [-0.25, -0.2) is 4.79 Å². The molecule has 1 heterocycles. The maximum absolute atomic E-state index is 13.3. The second kappa shape index (κ2) is 13.1. The molecule has 35 heavy (non-hydrogen) atoms. The number of carbonyl (C=O) groups is 4. The van der Waals surface area contributed by atoms with Crippen LogP contribution < -0.4 is 21.3 Å². The highest BCUT2D eigenvalue weighted by molar-refractivity contribution is 5.94. The first-order valence-electron chi connectivity index (χ1n) is 12.2. The van der Waals surface area contributed by atoms with Crippen LogP contribution in [0.1, 0.15) is 52.5 Å². The van der Waals surface area contributed by atoms with E-state index in [0.717, 1.165) is 18.5 Å². The first-order chi connectivity index (χ1) is 16.5. The number of hydrogen-bond donors (Lipinski definition) is 6. The molecule has 0 spiro atoms. The Labute approximate surface area is 206 Å². The fourth-order valence-corrected chi connectivity index (χ4v) is 3.97. The Morgan fingerprint density at radius 2 is 1.63 bits per heavy atom. The molecule has 3 amide bonds. The molecule has 5 unspecified atom stereocenters. The van der Waals surface area contributed by atoms with Crippen LogP contribution in [0.25, 0.3) is 0 Å². The standard InChI is InChI=1S/C25H38N4O6/c1-5-15(4)21(25(34)35)29-24(33)20(14(2)3)28-23(32)19(13-16-8-10-17(30)11-9-16)27-22(31)18-7-6-12-26-18/h8-11,14-15,18-21,26,30H,5-7,12-13H2,1-4H3,(H,27,31)(H,28,32)(H,29,33)(H,34,35). The van der Waals surface area contributed by atoms with Gasteiger partial charge in [-0.2, -0.15) is 0 Å². The van der Waals surface area contributed by atoms with Gasteiger partial charge in [0.25, 0.3) is 0 Å². The molecule has 6 N–H and O–H groups in total. The summed E-state index contributed by atoms with van der Waals surface area (Å²) < 4.78 is 0. The van der Waals surface area contributed by atoms with Gasteiger partial charge < -0.3 is 31.5 Å². The number of aromatic hydroxyl groups is 1. The Balaban J connectivity index is 2.19. The number of benzene rings is 1. The minimum Gasteiger partial charge on any atom is -0.508 e. The highest BCUT2D eigenvalue weighted by atomic mass is 16.4. The van der Waals surface area contributed by atoms with E-state index in [0.29, 0.717) is 12.8 Å². The van der Waals surface area contributed by atoms with Crippen LogP contribution in [0.3, 0.4) is 0 Å². The van der Waals surface area contributed by atoms with Gasteiger partial charge in [-0.15, -0.1) is 0 Å². The normalized spacial score (nSPS) is 18.8. The lowest BCUT2D eigenvalue weighted by Gasteiger charge is -2.28. The molecule has 1 saturated heterocycles. The van der Waals surface area contributed by atoms with E-state index in [-0.39, 0.29) is 36.0 Å². The number of nitrogens with one attached hydrogen (secondary N) is 4. The maximum Gasteiger partial charge on any atom is 0.326 e. The van der Waals surface area contributed by atoms with Crippen molar-refractivity contribution >= 4 is 23.7 Å². The first kappa shape index (κ1) is 28.1. The summed E-state index contributed by atoms with van der Waals surface area (Å²) >= 11 is 0. The number of hydrogen-bond acceptors (Lipinski definition) is 6. The number of carboxylic acid groups (broad SMARTS) is 1. The largest absolute Gasteiger partial charge is 0.508 e. The molecule has 194 valence electrons. The summed E-state index contributed by atoms with van der Waals surface area (Å²) in [5.74, 6) is -3.10. The zero-order valence-electron chi connectivity index (χ0n) is 20.8. The second-order valence-corrected chi connectivity index (χ2v) is 9.52. The third-order valence-electron chi connectivity index (χ3n) is 6.41. The molecular weight excluding hydrogens is 452 g/mol. The van der Waals surface area contributed by atoms with Crippen LogP contribution in [0.4, 0.5) is 0 Å². The highest BCUT2D eigenvalue weighted by Crippen LogP contribution is 2.14. The number of amides is 3. The van der Waals surface area contributed by atoms with Gasteiger partial charge >= 0.3 is 5.97 Å². The fourth-order valence-electron chi connectivity index (χ4n) is 3.97. The fraction of sp³-hybridized carbons (Fsp3) is 0.600. The Bertz CT molecular complexity index is 882. The van der Waals surface area contributed by atoms with Crippen LogP contribution in [0.15, 0.2) is 24.3 Å². The predicted octanol–water partition coefficient (Wildman–Crippen LogP) is 0.928. The topological polar surface area (TPSA) is 157 Å². The van der Waals surface area contributed by atoms with Crippen molar-refractivity contribution in [1.82, 2.24) is 21.3 Å². The Kier molecular flexibility index (Phi) is 10.5. The Hall–Kier alpha value is -3.14. The van der Waals surface area contributed by atoms with E-state index in [4.69, 9.17) is 0 Å². The number of carboxylic acids is 1. The lowest BCUT2D eigenvalue weighted by Crippen LogP contribution is -2.59. The van der Waals surface area contributed by atoms with Crippen molar-refractivity contribution in [1.29, 1.82) is 0 Å². The molecule has 1 aliphatic heterocycles. The monoisotopic (exact) mass is 490 g/mol. The van der Waals surface area contributed by atoms with Gasteiger partial charge in [-0.1, -0.05) is 46.2 Å². The molecule has 1 aromatic rings. The van der Waals surface area contributed by atoms with Crippen molar-refractivity contribution < 1.29 is 29.4 Å². The van der Waals surface area contributed by atoms with Crippen LogP contribution >= 0.6 is 0 Å². The molecule has 0 bridgehead atoms. The van der Waals surface area contributed by atoms with Gasteiger partial charge in [0.2, 0.25) is 17.7 Å². The second-order valence-electron chi connectivity index (χ2n) is 9.52. The first-order valence-corrected chi connectivity index (χ1v) is 12.2. The Morgan fingerprint density at radius 1 is 1.00 bits per heavy atom. The molecule has 0 aliphatic carbocycles. The average Bonchev–Trinajstić information content (AvgIpc) is 3.36. The van der Waals surface area contributed by atoms with E-state index in [1.54, 1.807) is 32.9 Å². The maximum atomic E-state index is 13.3. The molecule has 0 radical (unpaired) electrons. The molecular formula is C25H38N4O6. The van der Waals surface area contributed by atoms with E-state index in [9.17, 15) is 29.4 Å². The minimum absolute atomic E-state index is 0.0831. The number of rotatable bonds is 12. The predicted molar refractivity (Wildman–Crippen MR) is 131 cm³/mol. The lowest BCUT2D eigenvalue weighted by molar-refractivity contribution is -0.144. The lowest BCUT2D eigenvalue weighted by atomic mass is 9.97. The van der Waals surface area contributed by atoms with Crippen molar-refractivity contribution in [3.63, 3.8) is 0 Å². The van der Waals surface area contributed by atoms with Gasteiger partial charge in [-0.3, -0.25) is 14.4 Å². The molecule has 1 aliphatic rings. The van der Waals surface area contributed by atoms with Gasteiger partial charge in [0, 0.05) is 6.42 Å². The van der Waals surface area contributed by atoms with E-state index < -0.39 is 35.9 Å². The molecule has 1 aromatic carbocycles. The Morgan fingerprint density at radius 3 is 2.14 bits per heavy atom. The van der Waals surface area contributed by atoms with Crippen molar-refractivity contribution in [2.45, 2.75) is 77.5 Å². The molecule has 10 nitrogen and oxygen atoms in total. The van der Waals surface area contributed by atoms with Crippen molar-refractivity contribution in [2.75, 3.05) is 6.54 Å². The van der Waals surface area contributed by atoms with E-state index in [1.807, 2.05) is 6.92 Å². The van der Waals surface area contributed by atoms with Gasteiger partial charge in [-0.05, 0) is 48.9 Å². The summed E-state index contributed by atoms with van der Waals surface area (Å²) in [5, 5.41) is 30.2. The summed E-state index contributed by atoms with van der Waals surface area (Å²) in [6, 6.07) is 2.89.